The van der Waals surface area contributed by atoms with Crippen LogP contribution < -0.4 is 14.1 Å². The number of hydrogen-bond acceptors (Lipinski definition) is 4. The SMILES string of the molecule is COc1ccc(C(C[N+](=O)[O-])P2(=O)N(c3ccccc3)CCN2c2ccccc2)cc1. The van der Waals surface area contributed by atoms with E-state index < -0.39 is 19.6 Å². The van der Waals surface area contributed by atoms with Crippen LogP contribution in [0.1, 0.15) is 11.2 Å². The number of rotatable bonds is 7. The Bertz CT molecular complexity index is 1030. The number of nitro groups is 1. The van der Waals surface area contributed by atoms with Crippen LogP contribution in [0.5, 0.6) is 5.75 Å². The first kappa shape index (κ1) is 20.9. The average Bonchev–Trinajstić information content (AvgIpc) is 3.16. The van der Waals surface area contributed by atoms with Gasteiger partial charge in [0.1, 0.15) is 11.4 Å². The van der Waals surface area contributed by atoms with E-state index in [4.69, 9.17) is 4.74 Å². The fourth-order valence-corrected chi connectivity index (χ4v) is 7.63. The van der Waals surface area contributed by atoms with Crippen LogP contribution in [0.2, 0.25) is 0 Å². The summed E-state index contributed by atoms with van der Waals surface area (Å²) in [5.41, 5.74) is 1.44. The first-order valence-electron chi connectivity index (χ1n) is 10.1. The molecule has 0 bridgehead atoms. The molecule has 1 unspecified atom stereocenters. The summed E-state index contributed by atoms with van der Waals surface area (Å²) in [6, 6.07) is 26.0. The van der Waals surface area contributed by atoms with Gasteiger partial charge in [-0.3, -0.25) is 14.7 Å². The number of hydrogen-bond donors (Lipinski definition) is 0. The molecule has 1 aliphatic heterocycles. The second-order valence-electron chi connectivity index (χ2n) is 7.31. The van der Waals surface area contributed by atoms with Crippen molar-refractivity contribution < 1.29 is 14.2 Å². The number of nitrogens with zero attached hydrogens (tertiary/aromatic N) is 3. The molecule has 31 heavy (non-hydrogen) atoms. The normalized spacial score (nSPS) is 16.2. The van der Waals surface area contributed by atoms with Gasteiger partial charge in [-0.1, -0.05) is 48.5 Å². The largest absolute Gasteiger partial charge is 0.497 e. The van der Waals surface area contributed by atoms with Crippen molar-refractivity contribution in [3.05, 3.63) is 101 Å². The summed E-state index contributed by atoms with van der Waals surface area (Å²) in [7, 11) is -1.89. The Labute approximate surface area is 181 Å². The molecule has 1 aliphatic rings. The van der Waals surface area contributed by atoms with Gasteiger partial charge in [-0.2, -0.15) is 0 Å². The van der Waals surface area contributed by atoms with Gasteiger partial charge in [-0.25, -0.2) is 0 Å². The van der Waals surface area contributed by atoms with E-state index in [1.54, 1.807) is 31.4 Å². The molecule has 0 N–H and O–H groups in total. The van der Waals surface area contributed by atoms with Crippen molar-refractivity contribution in [2.24, 2.45) is 0 Å². The molecular formula is C23H24N3O4P. The van der Waals surface area contributed by atoms with Crippen LogP contribution >= 0.6 is 7.44 Å². The van der Waals surface area contributed by atoms with E-state index in [1.165, 1.54) is 0 Å². The van der Waals surface area contributed by atoms with E-state index >= 15 is 0 Å². The van der Waals surface area contributed by atoms with E-state index in [1.807, 2.05) is 70.0 Å². The topological polar surface area (TPSA) is 75.9 Å². The summed E-state index contributed by atoms with van der Waals surface area (Å²) in [6.07, 6.45) is 0. The van der Waals surface area contributed by atoms with Gasteiger partial charge in [0.05, 0.1) is 7.11 Å². The predicted octanol–water partition coefficient (Wildman–Crippen LogP) is 5.23. The molecule has 1 saturated heterocycles. The van der Waals surface area contributed by atoms with Gasteiger partial charge >= 0.3 is 0 Å². The quantitative estimate of drug-likeness (QED) is 0.286. The Morgan fingerprint density at radius 1 is 0.903 bits per heavy atom. The highest BCUT2D eigenvalue weighted by molar-refractivity contribution is 7.68. The highest BCUT2D eigenvalue weighted by Gasteiger charge is 2.51. The number of anilines is 2. The van der Waals surface area contributed by atoms with Gasteiger partial charge in [0.15, 0.2) is 0 Å². The zero-order valence-corrected chi connectivity index (χ0v) is 18.1. The van der Waals surface area contributed by atoms with Crippen molar-refractivity contribution >= 4 is 18.8 Å². The maximum atomic E-state index is 15.0. The van der Waals surface area contributed by atoms with Crippen LogP contribution in [-0.2, 0) is 4.57 Å². The van der Waals surface area contributed by atoms with E-state index in [0.29, 0.717) is 24.4 Å². The smallest absolute Gasteiger partial charge is 0.277 e. The minimum absolute atomic E-state index is 0.376. The van der Waals surface area contributed by atoms with E-state index in [0.717, 1.165) is 11.4 Å². The summed E-state index contributed by atoms with van der Waals surface area (Å²) < 4.78 is 23.9. The molecule has 0 amide bonds. The molecule has 1 heterocycles. The first-order chi connectivity index (χ1) is 15.0. The van der Waals surface area contributed by atoms with Crippen molar-refractivity contribution in [2.45, 2.75) is 5.66 Å². The molecule has 0 aromatic heterocycles. The molecule has 8 heteroatoms. The predicted molar refractivity (Wildman–Crippen MR) is 123 cm³/mol. The Morgan fingerprint density at radius 2 is 1.39 bits per heavy atom. The van der Waals surface area contributed by atoms with Crippen molar-refractivity contribution in [2.75, 3.05) is 36.1 Å². The van der Waals surface area contributed by atoms with Crippen molar-refractivity contribution in [3.8, 4) is 5.75 Å². The first-order valence-corrected chi connectivity index (χ1v) is 11.7. The van der Waals surface area contributed by atoms with E-state index in [9.17, 15) is 14.7 Å². The maximum Gasteiger partial charge on any atom is 0.277 e. The van der Waals surface area contributed by atoms with Gasteiger partial charge in [-0.15, -0.1) is 0 Å². The summed E-state index contributed by atoms with van der Waals surface area (Å²) in [5, 5.41) is 11.7. The lowest BCUT2D eigenvalue weighted by Crippen LogP contribution is -2.27. The zero-order chi connectivity index (χ0) is 21.8. The molecule has 4 rings (SSSR count). The monoisotopic (exact) mass is 437 g/mol. The molecule has 1 atom stereocenters. The van der Waals surface area contributed by atoms with Crippen LogP contribution in [0.25, 0.3) is 0 Å². The van der Waals surface area contributed by atoms with Crippen LogP contribution in [0.15, 0.2) is 84.9 Å². The van der Waals surface area contributed by atoms with Gasteiger partial charge in [0, 0.05) is 29.4 Å². The molecule has 3 aromatic rings. The minimum Gasteiger partial charge on any atom is -0.497 e. The Kier molecular flexibility index (Phi) is 5.96. The molecule has 7 nitrogen and oxygen atoms in total. The summed E-state index contributed by atoms with van der Waals surface area (Å²) in [4.78, 5) is 11.3. The lowest BCUT2D eigenvalue weighted by molar-refractivity contribution is -0.480. The molecule has 160 valence electrons. The van der Waals surface area contributed by atoms with E-state index in [-0.39, 0.29) is 4.92 Å². The van der Waals surface area contributed by atoms with Crippen LogP contribution in [0, 0.1) is 10.1 Å². The van der Waals surface area contributed by atoms with E-state index in [2.05, 4.69) is 0 Å². The maximum absolute atomic E-state index is 15.0. The van der Waals surface area contributed by atoms with Crippen molar-refractivity contribution in [3.63, 3.8) is 0 Å². The van der Waals surface area contributed by atoms with Crippen molar-refractivity contribution in [1.82, 2.24) is 0 Å². The fourth-order valence-electron chi connectivity index (χ4n) is 4.11. The van der Waals surface area contributed by atoms with Crippen LogP contribution in [0.4, 0.5) is 11.4 Å². The second kappa shape index (κ2) is 8.82. The summed E-state index contributed by atoms with van der Waals surface area (Å²) in [6.45, 7) is 0.595. The lowest BCUT2D eigenvalue weighted by Gasteiger charge is -2.36. The molecule has 0 radical (unpaired) electrons. The molecular weight excluding hydrogens is 413 g/mol. The molecule has 0 aliphatic carbocycles. The third-order valence-corrected chi connectivity index (χ3v) is 9.07. The minimum atomic E-state index is -3.46. The Morgan fingerprint density at radius 3 is 1.81 bits per heavy atom. The number of benzene rings is 3. The number of methoxy groups -OCH3 is 1. The standard InChI is InChI=1S/C23H24N3O4P/c1-30-22-14-12-19(13-15-22)23(18-26(27)28)31(29)24(20-8-4-2-5-9-20)16-17-25(31)21-10-6-3-7-11-21/h2-15,23H,16-18H2,1H3. The zero-order valence-electron chi connectivity index (χ0n) is 17.2. The molecule has 3 aromatic carbocycles. The summed E-state index contributed by atoms with van der Waals surface area (Å²) in [5.74, 6) is 0.646. The van der Waals surface area contributed by atoms with Crippen LogP contribution in [-0.4, -0.2) is 31.7 Å². The lowest BCUT2D eigenvalue weighted by atomic mass is 10.1. The Balaban J connectivity index is 1.87. The van der Waals surface area contributed by atoms with Crippen LogP contribution in [0.3, 0.4) is 0 Å². The highest BCUT2D eigenvalue weighted by atomic mass is 31.2. The number of ether oxygens (including phenoxy) is 1. The molecule has 0 spiro atoms. The fraction of sp³-hybridized carbons (Fsp3) is 0.217. The van der Waals surface area contributed by atoms with Gasteiger partial charge in [0.2, 0.25) is 6.54 Å². The van der Waals surface area contributed by atoms with Gasteiger partial charge in [0.25, 0.3) is 7.44 Å². The van der Waals surface area contributed by atoms with Crippen molar-refractivity contribution in [1.29, 1.82) is 0 Å². The van der Waals surface area contributed by atoms with Gasteiger partial charge in [-0.05, 0) is 42.0 Å². The third kappa shape index (κ3) is 4.01. The van der Waals surface area contributed by atoms with Gasteiger partial charge < -0.3 is 14.1 Å². The third-order valence-electron chi connectivity index (χ3n) is 5.55. The highest BCUT2D eigenvalue weighted by Crippen LogP contribution is 2.68. The number of para-hydroxylation sites is 2. The summed E-state index contributed by atoms with van der Waals surface area (Å²) >= 11 is 0. The molecule has 1 fully saturated rings. The average molecular weight is 437 g/mol. The molecule has 0 saturated carbocycles. The second-order valence-corrected chi connectivity index (χ2v) is 10.1. The Hall–Kier alpha value is -3.31.